The molecule has 1 aromatic carbocycles. The number of nitro benzene ring substituents is 1. The van der Waals surface area contributed by atoms with Gasteiger partial charge in [0.2, 0.25) is 5.82 Å². The molecule has 0 spiro atoms. The fourth-order valence-electron chi connectivity index (χ4n) is 2.39. The van der Waals surface area contributed by atoms with Crippen molar-refractivity contribution in [3.8, 4) is 11.4 Å². The number of nitro groups is 1. The van der Waals surface area contributed by atoms with Crippen LogP contribution in [0.25, 0.3) is 11.4 Å². The lowest BCUT2D eigenvalue weighted by atomic mass is 10.1. The molecule has 0 aliphatic heterocycles. The Labute approximate surface area is 122 Å². The van der Waals surface area contributed by atoms with E-state index in [9.17, 15) is 18.9 Å². The Balaban J connectivity index is 2.24. The first kappa shape index (κ1) is 13.8. The lowest BCUT2D eigenvalue weighted by Gasteiger charge is -2.07. The van der Waals surface area contributed by atoms with Crippen LogP contribution >= 0.6 is 11.6 Å². The zero-order valence-corrected chi connectivity index (χ0v) is 11.3. The van der Waals surface area contributed by atoms with Gasteiger partial charge >= 0.3 is 5.69 Å². The minimum atomic E-state index is -1.30. The highest BCUT2D eigenvalue weighted by atomic mass is 35.5. The topological polar surface area (TPSA) is 68.9 Å². The molecule has 0 atom stereocenters. The summed E-state index contributed by atoms with van der Waals surface area (Å²) in [7, 11) is 0. The van der Waals surface area contributed by atoms with Gasteiger partial charge in [-0.2, -0.15) is 4.39 Å². The van der Waals surface area contributed by atoms with Crippen LogP contribution in [0.2, 0.25) is 5.15 Å². The molecule has 1 aromatic heterocycles. The highest BCUT2D eigenvalue weighted by Gasteiger charge is 2.26. The van der Waals surface area contributed by atoms with Crippen molar-refractivity contribution in [2.45, 2.75) is 19.3 Å². The Morgan fingerprint density at radius 3 is 2.71 bits per heavy atom. The fourth-order valence-corrected chi connectivity index (χ4v) is 2.67. The standard InChI is InChI=1S/C13H8ClF2N3O2/c14-12-6-2-1-3-8(6)17-13(18-12)10-7(15)4-5-9(11(10)16)19(20)21/h4-5H,1-3H2. The van der Waals surface area contributed by atoms with Crippen molar-refractivity contribution in [2.24, 2.45) is 0 Å². The van der Waals surface area contributed by atoms with E-state index < -0.39 is 27.8 Å². The molecule has 8 heteroatoms. The van der Waals surface area contributed by atoms with Crippen LogP contribution in [0.15, 0.2) is 12.1 Å². The molecule has 2 aromatic rings. The number of halogens is 3. The number of nitrogens with zero attached hydrogens (tertiary/aromatic N) is 3. The van der Waals surface area contributed by atoms with Gasteiger partial charge in [0.25, 0.3) is 0 Å². The van der Waals surface area contributed by atoms with Gasteiger partial charge in [-0.05, 0) is 25.3 Å². The van der Waals surface area contributed by atoms with Crippen LogP contribution in [0.3, 0.4) is 0 Å². The van der Waals surface area contributed by atoms with Crippen molar-refractivity contribution in [3.63, 3.8) is 0 Å². The Morgan fingerprint density at radius 1 is 1.24 bits per heavy atom. The van der Waals surface area contributed by atoms with Gasteiger partial charge in [0.15, 0.2) is 5.82 Å². The maximum Gasteiger partial charge on any atom is 0.305 e. The second-order valence-electron chi connectivity index (χ2n) is 4.63. The third-order valence-corrected chi connectivity index (χ3v) is 3.69. The molecule has 108 valence electrons. The maximum absolute atomic E-state index is 14.1. The first-order valence-corrected chi connectivity index (χ1v) is 6.55. The van der Waals surface area contributed by atoms with Crippen LogP contribution in [-0.4, -0.2) is 14.9 Å². The van der Waals surface area contributed by atoms with Gasteiger partial charge in [-0.25, -0.2) is 14.4 Å². The van der Waals surface area contributed by atoms with Gasteiger partial charge in [0.05, 0.1) is 10.5 Å². The van der Waals surface area contributed by atoms with Gasteiger partial charge in [-0.15, -0.1) is 0 Å². The van der Waals surface area contributed by atoms with Crippen LogP contribution in [0.5, 0.6) is 0 Å². The summed E-state index contributed by atoms with van der Waals surface area (Å²) < 4.78 is 28.0. The molecule has 0 radical (unpaired) electrons. The van der Waals surface area contributed by atoms with E-state index in [1.165, 1.54) is 0 Å². The summed E-state index contributed by atoms with van der Waals surface area (Å²) in [5.74, 6) is -2.53. The molecule has 1 aliphatic carbocycles. The number of aromatic nitrogens is 2. The average molecular weight is 312 g/mol. The predicted molar refractivity (Wildman–Crippen MR) is 71.1 cm³/mol. The Kier molecular flexibility index (Phi) is 3.29. The number of benzene rings is 1. The van der Waals surface area contributed by atoms with Crippen molar-refractivity contribution in [3.05, 3.63) is 50.3 Å². The molecule has 21 heavy (non-hydrogen) atoms. The molecule has 0 N–H and O–H groups in total. The molecule has 0 bridgehead atoms. The lowest BCUT2D eigenvalue weighted by Crippen LogP contribution is -2.03. The number of fused-ring (bicyclic) bond motifs is 1. The zero-order valence-electron chi connectivity index (χ0n) is 10.6. The van der Waals surface area contributed by atoms with E-state index in [-0.39, 0.29) is 11.0 Å². The summed E-state index contributed by atoms with van der Waals surface area (Å²) in [6.45, 7) is 0. The minimum Gasteiger partial charge on any atom is -0.258 e. The Morgan fingerprint density at radius 2 is 2.00 bits per heavy atom. The van der Waals surface area contributed by atoms with Crippen LogP contribution in [-0.2, 0) is 12.8 Å². The summed E-state index contributed by atoms with van der Waals surface area (Å²) in [6.07, 6.45) is 2.20. The van der Waals surface area contributed by atoms with Crippen LogP contribution in [0.4, 0.5) is 14.5 Å². The van der Waals surface area contributed by atoms with Crippen molar-refractivity contribution in [1.29, 1.82) is 0 Å². The molecule has 0 saturated heterocycles. The molecule has 3 rings (SSSR count). The lowest BCUT2D eigenvalue weighted by molar-refractivity contribution is -0.387. The highest BCUT2D eigenvalue weighted by molar-refractivity contribution is 6.30. The summed E-state index contributed by atoms with van der Waals surface area (Å²) in [5.41, 5.74) is -0.0469. The van der Waals surface area contributed by atoms with E-state index in [2.05, 4.69) is 9.97 Å². The normalized spacial score (nSPS) is 13.3. The molecular formula is C13H8ClF2N3O2. The summed E-state index contributed by atoms with van der Waals surface area (Å²) in [4.78, 5) is 17.8. The highest BCUT2D eigenvalue weighted by Crippen LogP contribution is 2.33. The van der Waals surface area contributed by atoms with Crippen LogP contribution < -0.4 is 0 Å². The quantitative estimate of drug-likeness (QED) is 0.484. The van der Waals surface area contributed by atoms with Gasteiger partial charge in [0, 0.05) is 17.3 Å². The maximum atomic E-state index is 14.1. The molecule has 5 nitrogen and oxygen atoms in total. The van der Waals surface area contributed by atoms with Gasteiger partial charge < -0.3 is 0 Å². The van der Waals surface area contributed by atoms with E-state index in [4.69, 9.17) is 11.6 Å². The van der Waals surface area contributed by atoms with Crippen molar-refractivity contribution >= 4 is 17.3 Å². The third kappa shape index (κ3) is 2.23. The molecule has 0 unspecified atom stereocenters. The minimum absolute atomic E-state index is 0.137. The predicted octanol–water partition coefficient (Wildman–Crippen LogP) is 3.47. The fraction of sp³-hybridized carbons (Fsp3) is 0.231. The van der Waals surface area contributed by atoms with Crippen LogP contribution in [0, 0.1) is 21.7 Å². The summed E-state index contributed by atoms with van der Waals surface area (Å²) >= 11 is 6.00. The monoisotopic (exact) mass is 311 g/mol. The molecular weight excluding hydrogens is 304 g/mol. The first-order chi connectivity index (χ1) is 9.99. The Bertz CT molecular complexity index is 768. The molecule has 0 saturated carbocycles. The summed E-state index contributed by atoms with van der Waals surface area (Å²) in [5, 5.41) is 10.9. The second kappa shape index (κ2) is 5.00. The number of rotatable bonds is 2. The van der Waals surface area contributed by atoms with Crippen LogP contribution in [0.1, 0.15) is 17.7 Å². The van der Waals surface area contributed by atoms with Crippen molar-refractivity contribution in [2.75, 3.05) is 0 Å². The number of hydrogen-bond acceptors (Lipinski definition) is 4. The van der Waals surface area contributed by atoms with Gasteiger partial charge in [-0.3, -0.25) is 10.1 Å². The number of hydrogen-bond donors (Lipinski definition) is 0. The average Bonchev–Trinajstić information content (AvgIpc) is 2.87. The van der Waals surface area contributed by atoms with E-state index in [0.29, 0.717) is 18.5 Å². The smallest absolute Gasteiger partial charge is 0.258 e. The molecule has 1 heterocycles. The van der Waals surface area contributed by atoms with Crippen molar-refractivity contribution in [1.82, 2.24) is 9.97 Å². The second-order valence-corrected chi connectivity index (χ2v) is 4.99. The van der Waals surface area contributed by atoms with E-state index in [0.717, 1.165) is 24.1 Å². The third-order valence-electron chi connectivity index (χ3n) is 3.37. The zero-order chi connectivity index (χ0) is 15.1. The van der Waals surface area contributed by atoms with E-state index >= 15 is 0 Å². The first-order valence-electron chi connectivity index (χ1n) is 6.17. The van der Waals surface area contributed by atoms with Gasteiger partial charge in [0.1, 0.15) is 11.0 Å². The largest absolute Gasteiger partial charge is 0.305 e. The summed E-state index contributed by atoms with van der Waals surface area (Å²) in [6, 6.07) is 1.59. The van der Waals surface area contributed by atoms with E-state index in [1.807, 2.05) is 0 Å². The Hall–Kier alpha value is -2.15. The molecule has 0 amide bonds. The molecule has 1 aliphatic rings. The molecule has 0 fully saturated rings. The van der Waals surface area contributed by atoms with Crippen molar-refractivity contribution < 1.29 is 13.7 Å². The van der Waals surface area contributed by atoms with E-state index in [1.54, 1.807) is 0 Å². The SMILES string of the molecule is O=[N+]([O-])c1ccc(F)c(-c2nc(Cl)c3c(n2)CCC3)c1F. The number of aryl methyl sites for hydroxylation is 1. The van der Waals surface area contributed by atoms with Gasteiger partial charge in [-0.1, -0.05) is 11.6 Å².